The van der Waals surface area contributed by atoms with E-state index in [1.54, 1.807) is 0 Å². The van der Waals surface area contributed by atoms with Gasteiger partial charge in [-0.15, -0.1) is 11.8 Å². The lowest BCUT2D eigenvalue weighted by atomic mass is 9.97. The van der Waals surface area contributed by atoms with E-state index in [0.29, 0.717) is 30.5 Å². The standard InChI is InChI=1S/C27H36N4O3S2/c1-5-28-26(35)30-21(15-19-12-7-6-8-13-19)22(32)25(34)31-17-36-27(3,4)23(31)24(33)29-16-20-14-10-9-11-18(20)2/h6-14,21-23,32H,5,15-17H2,1-4H3,(H,29,33)(H2,28,30,35). The second-order valence-electron chi connectivity index (χ2n) is 9.48. The number of carbonyl (C=O) groups is 2. The van der Waals surface area contributed by atoms with E-state index in [-0.39, 0.29) is 5.91 Å². The van der Waals surface area contributed by atoms with Crippen LogP contribution >= 0.6 is 24.0 Å². The highest BCUT2D eigenvalue weighted by atomic mass is 32.2. The van der Waals surface area contributed by atoms with Crippen LogP contribution in [-0.2, 0) is 22.6 Å². The Morgan fingerprint density at radius 3 is 2.47 bits per heavy atom. The van der Waals surface area contributed by atoms with Gasteiger partial charge in [0.15, 0.2) is 11.2 Å². The molecule has 0 aliphatic carbocycles. The lowest BCUT2D eigenvalue weighted by Crippen LogP contribution is -2.59. The van der Waals surface area contributed by atoms with Crippen LogP contribution < -0.4 is 16.0 Å². The van der Waals surface area contributed by atoms with E-state index in [9.17, 15) is 14.7 Å². The Labute approximate surface area is 223 Å². The quantitative estimate of drug-likeness (QED) is 0.372. The highest BCUT2D eigenvalue weighted by Gasteiger charge is 2.49. The number of benzene rings is 2. The molecule has 0 radical (unpaired) electrons. The summed E-state index contributed by atoms with van der Waals surface area (Å²) >= 11 is 6.88. The average molecular weight is 529 g/mol. The molecule has 3 atom stereocenters. The molecule has 9 heteroatoms. The predicted octanol–water partition coefficient (Wildman–Crippen LogP) is 2.75. The molecule has 3 unspecified atom stereocenters. The number of amides is 2. The number of thiocarbonyl (C=S) groups is 1. The highest BCUT2D eigenvalue weighted by molar-refractivity contribution is 8.00. The summed E-state index contributed by atoms with van der Waals surface area (Å²) < 4.78 is -0.507. The summed E-state index contributed by atoms with van der Waals surface area (Å²) in [5, 5.41) is 20.7. The summed E-state index contributed by atoms with van der Waals surface area (Å²) in [6, 6.07) is 16.1. The van der Waals surface area contributed by atoms with Crippen molar-refractivity contribution in [1.29, 1.82) is 0 Å². The average Bonchev–Trinajstić information content (AvgIpc) is 3.17. The largest absolute Gasteiger partial charge is 0.381 e. The molecular weight excluding hydrogens is 492 g/mol. The zero-order valence-corrected chi connectivity index (χ0v) is 22.9. The molecule has 36 heavy (non-hydrogen) atoms. The summed E-state index contributed by atoms with van der Waals surface area (Å²) in [7, 11) is 0. The van der Waals surface area contributed by atoms with Crippen LogP contribution in [0.25, 0.3) is 0 Å². The summed E-state index contributed by atoms with van der Waals surface area (Å²) in [6.07, 6.45) is -0.989. The molecule has 3 rings (SSSR count). The lowest BCUT2D eigenvalue weighted by Gasteiger charge is -2.33. The van der Waals surface area contributed by atoms with Crippen molar-refractivity contribution >= 4 is 40.9 Å². The molecule has 0 saturated carbocycles. The van der Waals surface area contributed by atoms with E-state index >= 15 is 0 Å². The van der Waals surface area contributed by atoms with Gasteiger partial charge in [-0.05, 0) is 63.0 Å². The number of hydrogen-bond donors (Lipinski definition) is 4. The molecule has 1 heterocycles. The van der Waals surface area contributed by atoms with Gasteiger partial charge in [-0.25, -0.2) is 0 Å². The van der Waals surface area contributed by atoms with Crippen LogP contribution in [0.5, 0.6) is 0 Å². The van der Waals surface area contributed by atoms with Crippen LogP contribution in [0.3, 0.4) is 0 Å². The van der Waals surface area contributed by atoms with E-state index in [2.05, 4.69) is 16.0 Å². The maximum atomic E-state index is 13.6. The summed E-state index contributed by atoms with van der Waals surface area (Å²) in [6.45, 7) is 8.83. The maximum Gasteiger partial charge on any atom is 0.254 e. The Hall–Kier alpha value is -2.62. The molecule has 2 amide bonds. The van der Waals surface area contributed by atoms with E-state index in [4.69, 9.17) is 12.2 Å². The van der Waals surface area contributed by atoms with Crippen molar-refractivity contribution in [3.8, 4) is 0 Å². The van der Waals surface area contributed by atoms with Gasteiger partial charge in [-0.3, -0.25) is 9.59 Å². The molecule has 0 aromatic heterocycles. The molecule has 2 aromatic rings. The minimum atomic E-state index is -1.39. The number of nitrogens with zero attached hydrogens (tertiary/aromatic N) is 1. The minimum Gasteiger partial charge on any atom is -0.381 e. The number of aryl methyl sites for hydroxylation is 1. The van der Waals surface area contributed by atoms with Gasteiger partial charge in [0.1, 0.15) is 6.04 Å². The van der Waals surface area contributed by atoms with Gasteiger partial charge in [0.25, 0.3) is 5.91 Å². The van der Waals surface area contributed by atoms with E-state index < -0.39 is 28.8 Å². The fourth-order valence-corrected chi connectivity index (χ4v) is 5.77. The van der Waals surface area contributed by atoms with Crippen LogP contribution in [0, 0.1) is 6.92 Å². The SMILES string of the molecule is CCNC(=S)NC(Cc1ccccc1)C(O)C(=O)N1CSC(C)(C)C1C(=O)NCc1ccccc1C. The third kappa shape index (κ3) is 6.99. The first-order chi connectivity index (χ1) is 17.1. The topological polar surface area (TPSA) is 93.7 Å². The number of aliphatic hydroxyl groups excluding tert-OH is 1. The number of hydrogen-bond acceptors (Lipinski definition) is 5. The molecule has 4 N–H and O–H groups in total. The van der Waals surface area contributed by atoms with Crippen LogP contribution in [0.15, 0.2) is 54.6 Å². The summed E-state index contributed by atoms with van der Waals surface area (Å²) in [5.74, 6) is -0.400. The molecule has 194 valence electrons. The van der Waals surface area contributed by atoms with Gasteiger partial charge in [0.05, 0.1) is 11.9 Å². The Kier molecular flexibility index (Phi) is 9.76. The monoisotopic (exact) mass is 528 g/mol. The van der Waals surface area contributed by atoms with E-state index in [0.717, 1.165) is 16.7 Å². The van der Waals surface area contributed by atoms with Crippen molar-refractivity contribution in [3.63, 3.8) is 0 Å². The van der Waals surface area contributed by atoms with Gasteiger partial charge in [0.2, 0.25) is 5.91 Å². The Balaban J connectivity index is 1.77. The van der Waals surface area contributed by atoms with Crippen molar-refractivity contribution in [2.24, 2.45) is 0 Å². The molecule has 1 aliphatic heterocycles. The molecule has 1 saturated heterocycles. The van der Waals surface area contributed by atoms with Gasteiger partial charge in [0, 0.05) is 17.8 Å². The number of aliphatic hydroxyl groups is 1. The fourth-order valence-electron chi connectivity index (χ4n) is 4.33. The van der Waals surface area contributed by atoms with Crippen LogP contribution in [0.4, 0.5) is 0 Å². The van der Waals surface area contributed by atoms with Crippen LogP contribution in [0.1, 0.15) is 37.5 Å². The molecule has 1 aliphatic rings. The van der Waals surface area contributed by atoms with Gasteiger partial charge in [-0.1, -0.05) is 54.6 Å². The molecule has 0 spiro atoms. The zero-order chi connectivity index (χ0) is 26.3. The number of rotatable bonds is 9. The predicted molar refractivity (Wildman–Crippen MR) is 150 cm³/mol. The van der Waals surface area contributed by atoms with Gasteiger partial charge >= 0.3 is 0 Å². The third-order valence-corrected chi connectivity index (χ3v) is 8.01. The molecule has 7 nitrogen and oxygen atoms in total. The second-order valence-corrected chi connectivity index (χ2v) is 11.5. The van der Waals surface area contributed by atoms with Crippen LogP contribution in [0.2, 0.25) is 0 Å². The summed E-state index contributed by atoms with van der Waals surface area (Å²) in [4.78, 5) is 28.5. The third-order valence-electron chi connectivity index (χ3n) is 6.38. The van der Waals surface area contributed by atoms with Gasteiger partial charge < -0.3 is 26.0 Å². The Morgan fingerprint density at radius 1 is 1.14 bits per heavy atom. The number of thioether (sulfide) groups is 1. The lowest BCUT2D eigenvalue weighted by molar-refractivity contribution is -0.147. The van der Waals surface area contributed by atoms with Crippen molar-refractivity contribution in [1.82, 2.24) is 20.9 Å². The first-order valence-electron chi connectivity index (χ1n) is 12.2. The maximum absolute atomic E-state index is 13.6. The van der Waals surface area contributed by atoms with Crippen molar-refractivity contribution in [3.05, 3.63) is 71.3 Å². The molecule has 0 bridgehead atoms. The molecule has 1 fully saturated rings. The summed E-state index contributed by atoms with van der Waals surface area (Å²) in [5.41, 5.74) is 3.08. The zero-order valence-electron chi connectivity index (χ0n) is 21.3. The normalized spacial score (nSPS) is 18.2. The second kappa shape index (κ2) is 12.6. The van der Waals surface area contributed by atoms with Crippen molar-refractivity contribution < 1.29 is 14.7 Å². The first kappa shape index (κ1) is 28.0. The van der Waals surface area contributed by atoms with Crippen molar-refractivity contribution in [2.45, 2.75) is 63.6 Å². The first-order valence-corrected chi connectivity index (χ1v) is 13.6. The number of nitrogens with one attached hydrogen (secondary N) is 3. The minimum absolute atomic E-state index is 0.232. The Bertz CT molecular complexity index is 1060. The Morgan fingerprint density at radius 2 is 1.81 bits per heavy atom. The van der Waals surface area contributed by atoms with Crippen molar-refractivity contribution in [2.75, 3.05) is 12.4 Å². The smallest absolute Gasteiger partial charge is 0.254 e. The molecular formula is C27H36N4O3S2. The van der Waals surface area contributed by atoms with E-state index in [1.807, 2.05) is 82.3 Å². The highest BCUT2D eigenvalue weighted by Crippen LogP contribution is 2.40. The van der Waals surface area contributed by atoms with Gasteiger partial charge in [-0.2, -0.15) is 0 Å². The van der Waals surface area contributed by atoms with Crippen LogP contribution in [-0.4, -0.2) is 62.3 Å². The number of carbonyl (C=O) groups excluding carboxylic acids is 2. The fraction of sp³-hybridized carbons (Fsp3) is 0.444. The van der Waals surface area contributed by atoms with E-state index in [1.165, 1.54) is 16.7 Å². The molecule has 2 aromatic carbocycles.